The van der Waals surface area contributed by atoms with Crippen LogP contribution >= 0.6 is 0 Å². The predicted octanol–water partition coefficient (Wildman–Crippen LogP) is 3.37. The van der Waals surface area contributed by atoms with Gasteiger partial charge in [-0.3, -0.25) is 4.79 Å². The maximum Gasteiger partial charge on any atom is 0.177 e. The van der Waals surface area contributed by atoms with Gasteiger partial charge in [-0.25, -0.2) is 0 Å². The van der Waals surface area contributed by atoms with Crippen LogP contribution in [0.2, 0.25) is 0 Å². The van der Waals surface area contributed by atoms with Crippen molar-refractivity contribution in [3.8, 4) is 11.5 Å². The van der Waals surface area contributed by atoms with Crippen LogP contribution in [0, 0.1) is 13.8 Å². The van der Waals surface area contributed by atoms with Crippen LogP contribution < -0.4 is 4.74 Å². The summed E-state index contributed by atoms with van der Waals surface area (Å²) in [6.07, 6.45) is 0. The third-order valence-electron chi connectivity index (χ3n) is 3.73. The molecular weight excluding hydrogens is 252 g/mol. The first-order valence-electron chi connectivity index (χ1n) is 6.63. The van der Waals surface area contributed by atoms with Gasteiger partial charge in [0, 0.05) is 6.07 Å². The van der Waals surface area contributed by atoms with Gasteiger partial charge in [-0.1, -0.05) is 29.8 Å². The summed E-state index contributed by atoms with van der Waals surface area (Å²) >= 11 is 0. The average Bonchev–Trinajstić information content (AvgIpc) is 2.39. The van der Waals surface area contributed by atoms with E-state index in [1.54, 1.807) is 6.07 Å². The van der Waals surface area contributed by atoms with Crippen molar-refractivity contribution in [1.29, 1.82) is 0 Å². The minimum Gasteiger partial charge on any atom is -0.508 e. The van der Waals surface area contributed by atoms with Gasteiger partial charge in [-0.2, -0.15) is 0 Å². The van der Waals surface area contributed by atoms with Gasteiger partial charge in [0.2, 0.25) is 0 Å². The van der Waals surface area contributed by atoms with Crippen LogP contribution in [-0.2, 0) is 0 Å². The van der Waals surface area contributed by atoms with Crippen LogP contribution in [0.1, 0.15) is 33.0 Å². The molecule has 3 nitrogen and oxygen atoms in total. The highest BCUT2D eigenvalue weighted by molar-refractivity contribution is 6.05. The normalized spacial score (nSPS) is 17.5. The second-order valence-electron chi connectivity index (χ2n) is 5.27. The van der Waals surface area contributed by atoms with Crippen molar-refractivity contribution in [3.63, 3.8) is 0 Å². The maximum atomic E-state index is 12.7. The molecule has 1 unspecified atom stereocenters. The molecule has 0 fully saturated rings. The average molecular weight is 268 g/mol. The first-order chi connectivity index (χ1) is 9.56. The van der Waals surface area contributed by atoms with Crippen LogP contribution in [0.15, 0.2) is 36.4 Å². The number of ether oxygens (including phenoxy) is 1. The summed E-state index contributed by atoms with van der Waals surface area (Å²) in [6.45, 7) is 4.15. The fourth-order valence-electron chi connectivity index (χ4n) is 2.64. The molecule has 0 bridgehead atoms. The number of aromatic hydroxyl groups is 1. The Morgan fingerprint density at radius 3 is 2.55 bits per heavy atom. The lowest BCUT2D eigenvalue weighted by Gasteiger charge is -2.26. The molecule has 2 aromatic carbocycles. The van der Waals surface area contributed by atoms with E-state index in [0.717, 1.165) is 11.1 Å². The van der Waals surface area contributed by atoms with Gasteiger partial charge in [0.1, 0.15) is 18.1 Å². The van der Waals surface area contributed by atoms with E-state index in [9.17, 15) is 9.90 Å². The highest BCUT2D eigenvalue weighted by Crippen LogP contribution is 2.36. The molecule has 0 spiro atoms. The Balaban J connectivity index is 2.03. The second-order valence-corrected chi connectivity index (χ2v) is 5.27. The fourth-order valence-corrected chi connectivity index (χ4v) is 2.64. The molecule has 102 valence electrons. The third kappa shape index (κ3) is 2.05. The molecule has 0 amide bonds. The van der Waals surface area contributed by atoms with E-state index >= 15 is 0 Å². The van der Waals surface area contributed by atoms with Crippen LogP contribution in [0.5, 0.6) is 11.5 Å². The molecule has 0 aliphatic carbocycles. The number of carbonyl (C=O) groups excluding carboxylic acids is 1. The van der Waals surface area contributed by atoms with Crippen molar-refractivity contribution in [2.45, 2.75) is 19.8 Å². The lowest BCUT2D eigenvalue weighted by molar-refractivity contribution is 0.0895. The molecule has 2 aromatic rings. The van der Waals surface area contributed by atoms with Gasteiger partial charge in [0.05, 0.1) is 11.5 Å². The predicted molar refractivity (Wildman–Crippen MR) is 76.6 cm³/mol. The monoisotopic (exact) mass is 268 g/mol. The largest absolute Gasteiger partial charge is 0.508 e. The van der Waals surface area contributed by atoms with E-state index in [1.165, 1.54) is 11.6 Å². The summed E-state index contributed by atoms with van der Waals surface area (Å²) in [7, 11) is 0. The molecule has 0 saturated carbocycles. The molecule has 3 heteroatoms. The van der Waals surface area contributed by atoms with Gasteiger partial charge in [0.15, 0.2) is 5.78 Å². The molecule has 0 radical (unpaired) electrons. The molecule has 3 rings (SSSR count). The smallest absolute Gasteiger partial charge is 0.177 e. The molecule has 1 aliphatic heterocycles. The lowest BCUT2D eigenvalue weighted by Crippen LogP contribution is -2.26. The minimum atomic E-state index is -0.272. The number of rotatable bonds is 1. The number of benzene rings is 2. The van der Waals surface area contributed by atoms with Crippen LogP contribution in [0.3, 0.4) is 0 Å². The van der Waals surface area contributed by atoms with Crippen molar-refractivity contribution >= 4 is 5.78 Å². The topological polar surface area (TPSA) is 46.5 Å². The van der Waals surface area contributed by atoms with Crippen molar-refractivity contribution in [3.05, 3.63) is 58.7 Å². The molecule has 1 heterocycles. The number of fused-ring (bicyclic) bond motifs is 1. The Bertz CT molecular complexity index is 671. The number of phenols is 1. The Morgan fingerprint density at radius 1 is 1.15 bits per heavy atom. The third-order valence-corrected chi connectivity index (χ3v) is 3.73. The summed E-state index contributed by atoms with van der Waals surface area (Å²) in [5.41, 5.74) is 3.47. The van der Waals surface area contributed by atoms with Crippen molar-refractivity contribution < 1.29 is 14.6 Å². The van der Waals surface area contributed by atoms with E-state index < -0.39 is 0 Å². The van der Waals surface area contributed by atoms with Gasteiger partial charge in [0.25, 0.3) is 0 Å². The summed E-state index contributed by atoms with van der Waals surface area (Å²) in [5, 5.41) is 9.58. The molecule has 1 N–H and O–H groups in total. The minimum absolute atomic E-state index is 0.0626. The van der Waals surface area contributed by atoms with Gasteiger partial charge < -0.3 is 9.84 Å². The van der Waals surface area contributed by atoms with Crippen molar-refractivity contribution in [2.24, 2.45) is 0 Å². The highest BCUT2D eigenvalue weighted by Gasteiger charge is 2.31. The number of phenolic OH excluding ortho intramolecular Hbond substituents is 1. The van der Waals surface area contributed by atoms with E-state index in [-0.39, 0.29) is 17.5 Å². The van der Waals surface area contributed by atoms with Crippen LogP contribution in [0.4, 0.5) is 0 Å². The SMILES string of the molecule is Cc1ccc(C2COc3cc(O)cc(C)c3C2=O)cc1. The standard InChI is InChI=1S/C17H16O3/c1-10-3-5-12(6-4-10)14-9-20-15-8-13(18)7-11(2)16(15)17(14)19/h3-8,14,18H,9H2,1-2H3. The lowest BCUT2D eigenvalue weighted by atomic mass is 9.87. The van der Waals surface area contributed by atoms with Gasteiger partial charge in [-0.15, -0.1) is 0 Å². The van der Waals surface area contributed by atoms with Crippen LogP contribution in [-0.4, -0.2) is 17.5 Å². The number of hydrogen-bond acceptors (Lipinski definition) is 3. The van der Waals surface area contributed by atoms with Gasteiger partial charge >= 0.3 is 0 Å². The zero-order valence-corrected chi connectivity index (χ0v) is 11.5. The van der Waals surface area contributed by atoms with E-state index in [4.69, 9.17) is 4.74 Å². The molecule has 0 aromatic heterocycles. The van der Waals surface area contributed by atoms with Crippen LogP contribution in [0.25, 0.3) is 0 Å². The molecule has 20 heavy (non-hydrogen) atoms. The zero-order chi connectivity index (χ0) is 14.3. The van der Waals surface area contributed by atoms with Crippen molar-refractivity contribution in [1.82, 2.24) is 0 Å². The molecule has 1 aliphatic rings. The number of aryl methyl sites for hydroxylation is 2. The van der Waals surface area contributed by atoms with E-state index in [1.807, 2.05) is 38.1 Å². The quantitative estimate of drug-likeness (QED) is 0.862. The zero-order valence-electron chi connectivity index (χ0n) is 11.5. The highest BCUT2D eigenvalue weighted by atomic mass is 16.5. The van der Waals surface area contributed by atoms with Gasteiger partial charge in [-0.05, 0) is 31.0 Å². The van der Waals surface area contributed by atoms with Crippen molar-refractivity contribution in [2.75, 3.05) is 6.61 Å². The summed E-state index contributed by atoms with van der Waals surface area (Å²) < 4.78 is 5.67. The second kappa shape index (κ2) is 4.67. The summed E-state index contributed by atoms with van der Waals surface area (Å²) in [6, 6.07) is 11.1. The van der Waals surface area contributed by atoms with E-state index in [0.29, 0.717) is 17.9 Å². The molecule has 0 saturated heterocycles. The Morgan fingerprint density at radius 2 is 1.85 bits per heavy atom. The Labute approximate surface area is 117 Å². The first-order valence-corrected chi connectivity index (χ1v) is 6.63. The number of Topliss-reactive ketones (excluding diaryl/α,β-unsaturated/α-hetero) is 1. The molecular formula is C17H16O3. The maximum absolute atomic E-state index is 12.7. The molecule has 1 atom stereocenters. The number of ketones is 1. The van der Waals surface area contributed by atoms with E-state index in [2.05, 4.69) is 0 Å². The summed E-state index contributed by atoms with van der Waals surface area (Å²) in [4.78, 5) is 12.7. The summed E-state index contributed by atoms with van der Waals surface area (Å²) in [5.74, 6) is 0.401. The Hall–Kier alpha value is -2.29. The fraction of sp³-hybridized carbons (Fsp3) is 0.235. The Kier molecular flexibility index (Phi) is 2.97. The number of hydrogen-bond donors (Lipinski definition) is 1. The first kappa shape index (κ1) is 12.7. The number of carbonyl (C=O) groups is 1.